The SMILES string of the molecule is CC(C(=O)c1ccccc1)N(C)C(C)C1CC1. The molecule has 2 atom stereocenters. The third-order valence-corrected chi connectivity index (χ3v) is 4.00. The third kappa shape index (κ3) is 2.75. The number of ketones is 1. The van der Waals surface area contributed by atoms with Crippen molar-refractivity contribution < 1.29 is 4.79 Å². The van der Waals surface area contributed by atoms with E-state index in [2.05, 4.69) is 18.9 Å². The summed E-state index contributed by atoms with van der Waals surface area (Å²) in [7, 11) is 2.06. The van der Waals surface area contributed by atoms with Gasteiger partial charge in [0.25, 0.3) is 0 Å². The van der Waals surface area contributed by atoms with Crippen LogP contribution in [0.1, 0.15) is 37.0 Å². The number of hydrogen-bond donors (Lipinski definition) is 0. The normalized spacial score (nSPS) is 19.1. The van der Waals surface area contributed by atoms with Crippen LogP contribution < -0.4 is 0 Å². The number of hydrogen-bond acceptors (Lipinski definition) is 2. The maximum absolute atomic E-state index is 12.3. The van der Waals surface area contributed by atoms with E-state index in [1.54, 1.807) is 0 Å². The van der Waals surface area contributed by atoms with E-state index in [0.29, 0.717) is 6.04 Å². The van der Waals surface area contributed by atoms with Gasteiger partial charge in [0.2, 0.25) is 0 Å². The molecule has 2 unspecified atom stereocenters. The Bertz CT molecular complexity index is 383. The molecule has 0 radical (unpaired) electrons. The molecule has 2 heteroatoms. The van der Waals surface area contributed by atoms with Crippen LogP contribution >= 0.6 is 0 Å². The molecule has 2 nitrogen and oxygen atoms in total. The van der Waals surface area contributed by atoms with Crippen molar-refractivity contribution in [1.29, 1.82) is 0 Å². The van der Waals surface area contributed by atoms with Crippen molar-refractivity contribution in [3.8, 4) is 0 Å². The molecular weight excluding hydrogens is 210 g/mol. The lowest BCUT2D eigenvalue weighted by molar-refractivity contribution is 0.0811. The lowest BCUT2D eigenvalue weighted by Crippen LogP contribution is -2.42. The highest BCUT2D eigenvalue weighted by Gasteiger charge is 2.33. The van der Waals surface area contributed by atoms with Gasteiger partial charge < -0.3 is 0 Å². The monoisotopic (exact) mass is 231 g/mol. The molecule has 0 N–H and O–H groups in total. The summed E-state index contributed by atoms with van der Waals surface area (Å²) >= 11 is 0. The molecule has 1 fully saturated rings. The van der Waals surface area contributed by atoms with Gasteiger partial charge in [-0.05, 0) is 39.7 Å². The van der Waals surface area contributed by atoms with E-state index >= 15 is 0 Å². The Morgan fingerprint density at radius 1 is 1.24 bits per heavy atom. The van der Waals surface area contributed by atoms with Crippen molar-refractivity contribution in [2.24, 2.45) is 5.92 Å². The Morgan fingerprint density at radius 3 is 2.35 bits per heavy atom. The summed E-state index contributed by atoms with van der Waals surface area (Å²) in [4.78, 5) is 14.5. The highest BCUT2D eigenvalue weighted by molar-refractivity contribution is 5.99. The quantitative estimate of drug-likeness (QED) is 0.726. The number of nitrogens with zero attached hydrogens (tertiary/aromatic N) is 1. The number of rotatable bonds is 5. The van der Waals surface area contributed by atoms with Crippen LogP contribution in [0.4, 0.5) is 0 Å². The Hall–Kier alpha value is -1.15. The first-order chi connectivity index (χ1) is 8.11. The molecule has 2 rings (SSSR count). The number of likely N-dealkylation sites (N-methyl/N-ethyl adjacent to an activating group) is 1. The predicted octanol–water partition coefficient (Wildman–Crippen LogP) is 2.99. The first-order valence-electron chi connectivity index (χ1n) is 6.42. The number of carbonyl (C=O) groups excluding carboxylic acids is 1. The van der Waals surface area contributed by atoms with Gasteiger partial charge in [-0.15, -0.1) is 0 Å². The van der Waals surface area contributed by atoms with Gasteiger partial charge in [-0.3, -0.25) is 9.69 Å². The minimum atomic E-state index is -0.0343. The summed E-state index contributed by atoms with van der Waals surface area (Å²) < 4.78 is 0. The summed E-state index contributed by atoms with van der Waals surface area (Å²) in [6.45, 7) is 4.24. The molecule has 0 amide bonds. The van der Waals surface area contributed by atoms with E-state index in [-0.39, 0.29) is 11.8 Å². The molecule has 1 aliphatic rings. The van der Waals surface area contributed by atoms with Gasteiger partial charge in [-0.2, -0.15) is 0 Å². The van der Waals surface area contributed by atoms with Crippen LogP contribution in [0.3, 0.4) is 0 Å². The molecule has 1 aliphatic carbocycles. The maximum Gasteiger partial charge on any atom is 0.179 e. The molecule has 1 aromatic rings. The average molecular weight is 231 g/mol. The van der Waals surface area contributed by atoms with Crippen LogP contribution in [-0.4, -0.2) is 29.8 Å². The van der Waals surface area contributed by atoms with Crippen molar-refractivity contribution in [3.63, 3.8) is 0 Å². The fourth-order valence-electron chi connectivity index (χ4n) is 2.29. The predicted molar refractivity (Wildman–Crippen MR) is 70.2 cm³/mol. The standard InChI is InChI=1S/C15H21NO/c1-11(13-9-10-13)16(3)12(2)15(17)14-7-5-4-6-8-14/h4-8,11-13H,9-10H2,1-3H3. The fourth-order valence-corrected chi connectivity index (χ4v) is 2.29. The van der Waals surface area contributed by atoms with Crippen LogP contribution in [0.15, 0.2) is 30.3 Å². The zero-order valence-electron chi connectivity index (χ0n) is 10.9. The largest absolute Gasteiger partial charge is 0.294 e. The van der Waals surface area contributed by atoms with Crippen molar-refractivity contribution >= 4 is 5.78 Å². The van der Waals surface area contributed by atoms with Crippen LogP contribution in [0.2, 0.25) is 0 Å². The Kier molecular flexibility index (Phi) is 3.63. The summed E-state index contributed by atoms with van der Waals surface area (Å²) in [5.74, 6) is 1.02. The molecule has 1 saturated carbocycles. The average Bonchev–Trinajstić information content (AvgIpc) is 3.20. The second kappa shape index (κ2) is 5.01. The minimum Gasteiger partial charge on any atom is -0.294 e. The third-order valence-electron chi connectivity index (χ3n) is 4.00. The van der Waals surface area contributed by atoms with Crippen molar-refractivity contribution in [3.05, 3.63) is 35.9 Å². The zero-order valence-corrected chi connectivity index (χ0v) is 10.9. The van der Waals surface area contributed by atoms with E-state index in [1.165, 1.54) is 12.8 Å². The van der Waals surface area contributed by atoms with Gasteiger partial charge in [0, 0.05) is 11.6 Å². The summed E-state index contributed by atoms with van der Waals surface area (Å²) in [6, 6.07) is 10.1. The van der Waals surface area contributed by atoms with Gasteiger partial charge in [0.15, 0.2) is 5.78 Å². The zero-order chi connectivity index (χ0) is 12.4. The molecule has 0 heterocycles. The first-order valence-corrected chi connectivity index (χ1v) is 6.42. The van der Waals surface area contributed by atoms with Gasteiger partial charge in [0.05, 0.1) is 6.04 Å². The van der Waals surface area contributed by atoms with Gasteiger partial charge in [0.1, 0.15) is 0 Å². The molecule has 0 spiro atoms. The van der Waals surface area contributed by atoms with Gasteiger partial charge >= 0.3 is 0 Å². The van der Waals surface area contributed by atoms with E-state index in [9.17, 15) is 4.79 Å². The Labute approximate surface area is 104 Å². The lowest BCUT2D eigenvalue weighted by Gasteiger charge is -2.30. The van der Waals surface area contributed by atoms with Crippen LogP contribution in [0.5, 0.6) is 0 Å². The minimum absolute atomic E-state index is 0.0343. The second-order valence-corrected chi connectivity index (χ2v) is 5.15. The van der Waals surface area contributed by atoms with E-state index in [0.717, 1.165) is 11.5 Å². The molecule has 1 aromatic carbocycles. The van der Waals surface area contributed by atoms with Crippen molar-refractivity contribution in [2.75, 3.05) is 7.05 Å². The van der Waals surface area contributed by atoms with Crippen LogP contribution in [0.25, 0.3) is 0 Å². The molecule has 0 aliphatic heterocycles. The maximum atomic E-state index is 12.3. The van der Waals surface area contributed by atoms with E-state index in [4.69, 9.17) is 0 Å². The molecule has 0 aromatic heterocycles. The summed E-state index contributed by atoms with van der Waals surface area (Å²) in [6.07, 6.45) is 2.63. The van der Waals surface area contributed by atoms with E-state index < -0.39 is 0 Å². The first kappa shape index (κ1) is 12.3. The smallest absolute Gasteiger partial charge is 0.179 e. The number of Topliss-reactive ketones (excluding diaryl/α,β-unsaturated/α-hetero) is 1. The van der Waals surface area contributed by atoms with Crippen LogP contribution in [-0.2, 0) is 0 Å². The Morgan fingerprint density at radius 2 is 1.82 bits per heavy atom. The van der Waals surface area contributed by atoms with Crippen molar-refractivity contribution in [1.82, 2.24) is 4.90 Å². The molecule has 92 valence electrons. The molecule has 0 bridgehead atoms. The molecule has 0 saturated heterocycles. The van der Waals surface area contributed by atoms with E-state index in [1.807, 2.05) is 37.3 Å². The van der Waals surface area contributed by atoms with Crippen molar-refractivity contribution in [2.45, 2.75) is 38.8 Å². The fraction of sp³-hybridized carbons (Fsp3) is 0.533. The summed E-state index contributed by atoms with van der Waals surface area (Å²) in [5.41, 5.74) is 0.815. The highest BCUT2D eigenvalue weighted by Crippen LogP contribution is 2.35. The Balaban J connectivity index is 2.03. The lowest BCUT2D eigenvalue weighted by atomic mass is 10.0. The van der Waals surface area contributed by atoms with Gasteiger partial charge in [-0.1, -0.05) is 30.3 Å². The molecular formula is C15H21NO. The number of carbonyl (C=O) groups is 1. The summed E-state index contributed by atoms with van der Waals surface area (Å²) in [5, 5.41) is 0. The molecule has 17 heavy (non-hydrogen) atoms. The van der Waals surface area contributed by atoms with Gasteiger partial charge in [-0.25, -0.2) is 0 Å². The van der Waals surface area contributed by atoms with Crippen LogP contribution in [0, 0.1) is 5.92 Å². The topological polar surface area (TPSA) is 20.3 Å². The number of benzene rings is 1. The second-order valence-electron chi connectivity index (χ2n) is 5.15. The highest BCUT2D eigenvalue weighted by atomic mass is 16.1.